The number of aromatic nitrogens is 2. The second kappa shape index (κ2) is 2.83. The molecule has 1 N–H and O–H groups in total. The Labute approximate surface area is 89.1 Å². The zero-order valence-electron chi connectivity index (χ0n) is 9.12. The van der Waals surface area contributed by atoms with E-state index in [1.54, 1.807) is 0 Å². The van der Waals surface area contributed by atoms with Gasteiger partial charge in [0.05, 0.1) is 0 Å². The quantitative estimate of drug-likeness (QED) is 0.802. The van der Waals surface area contributed by atoms with Gasteiger partial charge in [0.15, 0.2) is 0 Å². The van der Waals surface area contributed by atoms with Crippen molar-refractivity contribution in [2.24, 2.45) is 7.05 Å². The highest BCUT2D eigenvalue weighted by Gasteiger charge is 2.44. The fraction of sp³-hybridized carbons (Fsp3) is 0.417. The number of nitrogens with one attached hydrogen (secondary N) is 1. The maximum absolute atomic E-state index is 4.41. The van der Waals surface area contributed by atoms with Crippen LogP contribution in [-0.4, -0.2) is 16.6 Å². The monoisotopic (exact) mass is 201 g/mol. The van der Waals surface area contributed by atoms with E-state index in [0.29, 0.717) is 0 Å². The molecule has 0 atom stereocenters. The zero-order valence-corrected chi connectivity index (χ0v) is 9.12. The number of hydrogen-bond acceptors (Lipinski definition) is 2. The first-order chi connectivity index (χ1) is 7.27. The summed E-state index contributed by atoms with van der Waals surface area (Å²) in [7, 11) is 4.10. The summed E-state index contributed by atoms with van der Waals surface area (Å²) < 4.78 is 2.11. The van der Waals surface area contributed by atoms with Gasteiger partial charge in [0, 0.05) is 30.4 Å². The number of hydrogen-bond donors (Lipinski definition) is 1. The maximum Gasteiger partial charge on any atom is 0.139 e. The molecule has 0 unspecified atom stereocenters. The molecule has 1 saturated carbocycles. The summed E-state index contributed by atoms with van der Waals surface area (Å²) in [5, 5.41) is 4.72. The molecule has 2 aromatic rings. The smallest absolute Gasteiger partial charge is 0.139 e. The molecule has 0 radical (unpaired) electrons. The normalized spacial score (nSPS) is 18.3. The first kappa shape index (κ1) is 8.92. The second-order valence-electron chi connectivity index (χ2n) is 4.36. The van der Waals surface area contributed by atoms with Gasteiger partial charge in [-0.15, -0.1) is 0 Å². The van der Waals surface area contributed by atoms with Crippen LogP contribution in [0.3, 0.4) is 0 Å². The molecule has 3 rings (SSSR count). The van der Waals surface area contributed by atoms with Crippen molar-refractivity contribution < 1.29 is 0 Å². The molecule has 0 spiro atoms. The number of aryl methyl sites for hydroxylation is 1. The van der Waals surface area contributed by atoms with Gasteiger partial charge in [0.1, 0.15) is 5.65 Å². The lowest BCUT2D eigenvalue weighted by atomic mass is 10.1. The van der Waals surface area contributed by atoms with E-state index in [0.717, 1.165) is 5.65 Å². The van der Waals surface area contributed by atoms with E-state index in [9.17, 15) is 0 Å². The van der Waals surface area contributed by atoms with Gasteiger partial charge in [0.25, 0.3) is 0 Å². The summed E-state index contributed by atoms with van der Waals surface area (Å²) in [6, 6.07) is 4.17. The molecule has 1 fully saturated rings. The van der Waals surface area contributed by atoms with Gasteiger partial charge in [-0.1, -0.05) is 0 Å². The third kappa shape index (κ3) is 1.13. The van der Waals surface area contributed by atoms with Crippen LogP contribution in [0.2, 0.25) is 0 Å². The highest BCUT2D eigenvalue weighted by Crippen LogP contribution is 2.47. The number of fused-ring (bicyclic) bond motifs is 1. The molecule has 1 aliphatic carbocycles. The molecule has 0 aromatic carbocycles. The summed E-state index contributed by atoms with van der Waals surface area (Å²) in [6.45, 7) is 0. The molecule has 2 aromatic heterocycles. The molecular formula is C12H15N3. The Kier molecular flexibility index (Phi) is 1.68. The highest BCUT2D eigenvalue weighted by molar-refractivity contribution is 5.82. The highest BCUT2D eigenvalue weighted by atomic mass is 15.0. The van der Waals surface area contributed by atoms with Crippen LogP contribution in [0.4, 0.5) is 0 Å². The second-order valence-corrected chi connectivity index (χ2v) is 4.36. The summed E-state index contributed by atoms with van der Waals surface area (Å²) in [4.78, 5) is 4.41. The lowest BCUT2D eigenvalue weighted by Gasteiger charge is -2.12. The predicted octanol–water partition coefficient (Wildman–Crippen LogP) is 1.78. The van der Waals surface area contributed by atoms with Gasteiger partial charge < -0.3 is 9.88 Å². The van der Waals surface area contributed by atoms with E-state index in [2.05, 4.69) is 34.2 Å². The van der Waals surface area contributed by atoms with Gasteiger partial charge in [-0.3, -0.25) is 0 Å². The zero-order chi connectivity index (χ0) is 10.5. The average molecular weight is 201 g/mol. The van der Waals surface area contributed by atoms with Crippen LogP contribution in [0.1, 0.15) is 18.4 Å². The summed E-state index contributed by atoms with van der Waals surface area (Å²) >= 11 is 0. The molecular weight excluding hydrogens is 186 g/mol. The van der Waals surface area contributed by atoms with E-state index >= 15 is 0 Å². The van der Waals surface area contributed by atoms with Crippen molar-refractivity contribution in [1.29, 1.82) is 0 Å². The maximum atomic E-state index is 4.41. The Morgan fingerprint density at radius 1 is 1.47 bits per heavy atom. The molecule has 2 heterocycles. The molecule has 0 aliphatic heterocycles. The Balaban J connectivity index is 2.28. The standard InChI is InChI=1S/C12H15N3/c1-13-12(5-6-12)10-8-15(2)11-9(10)4-3-7-14-11/h3-4,7-8,13H,5-6H2,1-2H3. The van der Waals surface area contributed by atoms with Gasteiger partial charge in [-0.05, 0) is 37.6 Å². The van der Waals surface area contributed by atoms with Crippen molar-refractivity contribution in [3.63, 3.8) is 0 Å². The van der Waals surface area contributed by atoms with E-state index in [4.69, 9.17) is 0 Å². The van der Waals surface area contributed by atoms with Crippen LogP contribution in [0.5, 0.6) is 0 Å². The fourth-order valence-corrected chi connectivity index (χ4v) is 2.37. The van der Waals surface area contributed by atoms with Crippen molar-refractivity contribution in [1.82, 2.24) is 14.9 Å². The van der Waals surface area contributed by atoms with Crippen LogP contribution in [-0.2, 0) is 12.6 Å². The van der Waals surface area contributed by atoms with Crippen LogP contribution >= 0.6 is 0 Å². The largest absolute Gasteiger partial charge is 0.335 e. The minimum Gasteiger partial charge on any atom is -0.335 e. The van der Waals surface area contributed by atoms with Crippen molar-refractivity contribution in [2.45, 2.75) is 18.4 Å². The lowest BCUT2D eigenvalue weighted by molar-refractivity contribution is 0.588. The molecule has 0 amide bonds. The summed E-state index contributed by atoms with van der Waals surface area (Å²) in [5.74, 6) is 0. The Morgan fingerprint density at radius 3 is 2.93 bits per heavy atom. The average Bonchev–Trinajstić information content (AvgIpc) is 3.00. The van der Waals surface area contributed by atoms with E-state index in [-0.39, 0.29) is 5.54 Å². The number of rotatable bonds is 2. The molecule has 0 saturated heterocycles. The van der Waals surface area contributed by atoms with Crippen LogP contribution < -0.4 is 5.32 Å². The lowest BCUT2D eigenvalue weighted by Crippen LogP contribution is -2.24. The minimum absolute atomic E-state index is 0.225. The molecule has 0 bridgehead atoms. The Bertz CT molecular complexity index is 509. The number of pyridine rings is 1. The fourth-order valence-electron chi connectivity index (χ4n) is 2.37. The molecule has 78 valence electrons. The van der Waals surface area contributed by atoms with Crippen molar-refractivity contribution >= 4 is 11.0 Å². The topological polar surface area (TPSA) is 29.9 Å². The Hall–Kier alpha value is -1.35. The van der Waals surface area contributed by atoms with Crippen LogP contribution in [0.25, 0.3) is 11.0 Å². The summed E-state index contributed by atoms with van der Waals surface area (Å²) in [5.41, 5.74) is 2.70. The first-order valence-corrected chi connectivity index (χ1v) is 5.36. The molecule has 3 heteroatoms. The van der Waals surface area contributed by atoms with E-state index in [1.165, 1.54) is 23.8 Å². The van der Waals surface area contributed by atoms with Gasteiger partial charge in [-0.2, -0.15) is 0 Å². The Morgan fingerprint density at radius 2 is 2.27 bits per heavy atom. The number of nitrogens with zero attached hydrogens (tertiary/aromatic N) is 2. The molecule has 1 aliphatic rings. The van der Waals surface area contributed by atoms with Crippen molar-refractivity contribution in [2.75, 3.05) is 7.05 Å². The molecule has 3 nitrogen and oxygen atoms in total. The first-order valence-electron chi connectivity index (χ1n) is 5.36. The third-order valence-electron chi connectivity index (χ3n) is 3.48. The minimum atomic E-state index is 0.225. The van der Waals surface area contributed by atoms with Crippen molar-refractivity contribution in [3.8, 4) is 0 Å². The third-order valence-corrected chi connectivity index (χ3v) is 3.48. The van der Waals surface area contributed by atoms with Gasteiger partial charge >= 0.3 is 0 Å². The molecule has 15 heavy (non-hydrogen) atoms. The summed E-state index contributed by atoms with van der Waals surface area (Å²) in [6.07, 6.45) is 6.53. The van der Waals surface area contributed by atoms with E-state index < -0.39 is 0 Å². The SMILES string of the molecule is CNC1(c2cn(C)c3ncccc23)CC1. The van der Waals surface area contributed by atoms with Crippen molar-refractivity contribution in [3.05, 3.63) is 30.1 Å². The van der Waals surface area contributed by atoms with Gasteiger partial charge in [0.2, 0.25) is 0 Å². The van der Waals surface area contributed by atoms with Gasteiger partial charge in [-0.25, -0.2) is 4.98 Å². The van der Waals surface area contributed by atoms with Crippen LogP contribution in [0, 0.1) is 0 Å². The van der Waals surface area contributed by atoms with Crippen LogP contribution in [0.15, 0.2) is 24.5 Å². The predicted molar refractivity (Wildman–Crippen MR) is 60.7 cm³/mol. The van der Waals surface area contributed by atoms with E-state index in [1.807, 2.05) is 19.3 Å².